The van der Waals surface area contributed by atoms with Crippen LogP contribution in [0.15, 0.2) is 94.7 Å². The third kappa shape index (κ3) is 3.88. The van der Waals surface area contributed by atoms with Crippen molar-refractivity contribution in [1.82, 2.24) is 4.57 Å². The van der Waals surface area contributed by atoms with Gasteiger partial charge in [-0.2, -0.15) is 0 Å². The molecule has 32 heavy (non-hydrogen) atoms. The third-order valence-electron chi connectivity index (χ3n) is 5.68. The molecular formula is C27H20ClNO2S. The summed E-state index contributed by atoms with van der Waals surface area (Å²) in [6, 6.07) is 27.9. The topological polar surface area (TPSA) is 42.2 Å². The first-order valence-corrected chi connectivity index (χ1v) is 11.5. The highest BCUT2D eigenvalue weighted by Gasteiger charge is 2.17. The molecule has 1 heterocycles. The van der Waals surface area contributed by atoms with E-state index in [2.05, 4.69) is 54.0 Å². The number of fused-ring (bicyclic) bond motifs is 2. The van der Waals surface area contributed by atoms with Gasteiger partial charge in [-0.3, -0.25) is 0 Å². The van der Waals surface area contributed by atoms with Gasteiger partial charge in [0.15, 0.2) is 0 Å². The zero-order valence-corrected chi connectivity index (χ0v) is 19.0. The quantitative estimate of drug-likeness (QED) is 0.294. The Labute approximate surface area is 195 Å². The number of hydrogen-bond donors (Lipinski definition) is 1. The summed E-state index contributed by atoms with van der Waals surface area (Å²) in [5.41, 5.74) is 3.70. The number of aromatic carboxylic acids is 1. The number of aromatic nitrogens is 1. The fraction of sp³-hybridized carbons (Fsp3) is 0.0741. The summed E-state index contributed by atoms with van der Waals surface area (Å²) in [6.45, 7) is 2.83. The van der Waals surface area contributed by atoms with Crippen molar-refractivity contribution in [2.45, 2.75) is 23.3 Å². The van der Waals surface area contributed by atoms with Gasteiger partial charge in [0, 0.05) is 32.4 Å². The highest BCUT2D eigenvalue weighted by Crippen LogP contribution is 2.39. The maximum Gasteiger partial charge on any atom is 0.335 e. The summed E-state index contributed by atoms with van der Waals surface area (Å²) >= 11 is 7.95. The zero-order chi connectivity index (χ0) is 22.2. The van der Waals surface area contributed by atoms with Crippen LogP contribution in [-0.4, -0.2) is 15.6 Å². The molecule has 0 spiro atoms. The van der Waals surface area contributed by atoms with Crippen LogP contribution in [0.5, 0.6) is 0 Å². The lowest BCUT2D eigenvalue weighted by Crippen LogP contribution is -2.02. The van der Waals surface area contributed by atoms with E-state index in [1.54, 1.807) is 30.0 Å². The highest BCUT2D eigenvalue weighted by atomic mass is 35.5. The Morgan fingerprint density at radius 1 is 0.938 bits per heavy atom. The number of carboxylic acid groups (broad SMARTS) is 1. The number of benzene rings is 4. The monoisotopic (exact) mass is 457 g/mol. The molecule has 0 aliphatic rings. The van der Waals surface area contributed by atoms with Crippen molar-refractivity contribution in [2.75, 3.05) is 0 Å². The Kier molecular flexibility index (Phi) is 5.41. The molecule has 0 aliphatic heterocycles. The molecule has 0 atom stereocenters. The largest absolute Gasteiger partial charge is 0.478 e. The van der Waals surface area contributed by atoms with Crippen LogP contribution in [0.3, 0.4) is 0 Å². The predicted molar refractivity (Wildman–Crippen MR) is 132 cm³/mol. The molecule has 5 rings (SSSR count). The first-order chi connectivity index (χ1) is 15.5. The Balaban J connectivity index is 1.60. The molecule has 3 nitrogen and oxygen atoms in total. The fourth-order valence-corrected chi connectivity index (χ4v) is 5.36. The molecule has 5 aromatic rings. The van der Waals surface area contributed by atoms with Gasteiger partial charge in [-0.25, -0.2) is 4.79 Å². The van der Waals surface area contributed by atoms with Gasteiger partial charge in [0.1, 0.15) is 0 Å². The smallest absolute Gasteiger partial charge is 0.335 e. The number of nitrogens with zero attached hydrogens (tertiary/aromatic N) is 1. The van der Waals surface area contributed by atoms with Crippen molar-refractivity contribution in [3.63, 3.8) is 0 Å². The lowest BCUT2D eigenvalue weighted by atomic mass is 10.1. The van der Waals surface area contributed by atoms with Crippen LogP contribution < -0.4 is 0 Å². The second-order valence-corrected chi connectivity index (χ2v) is 9.30. The second-order valence-electron chi connectivity index (χ2n) is 7.78. The molecule has 0 fully saturated rings. The lowest BCUT2D eigenvalue weighted by Gasteiger charge is -2.10. The molecule has 4 aromatic carbocycles. The molecule has 158 valence electrons. The number of carboxylic acids is 1. The van der Waals surface area contributed by atoms with E-state index in [0.717, 1.165) is 32.9 Å². The maximum absolute atomic E-state index is 11.4. The van der Waals surface area contributed by atoms with E-state index in [9.17, 15) is 9.90 Å². The maximum atomic E-state index is 11.4. The summed E-state index contributed by atoms with van der Waals surface area (Å²) in [5.74, 6) is -0.922. The van der Waals surface area contributed by atoms with E-state index >= 15 is 0 Å². The second kappa shape index (κ2) is 8.38. The normalized spacial score (nSPS) is 11.3. The van der Waals surface area contributed by atoms with Crippen molar-refractivity contribution in [3.05, 3.63) is 107 Å². The van der Waals surface area contributed by atoms with E-state index < -0.39 is 5.97 Å². The lowest BCUT2D eigenvalue weighted by molar-refractivity contribution is 0.0696. The summed E-state index contributed by atoms with van der Waals surface area (Å²) in [5, 5.41) is 13.6. The van der Waals surface area contributed by atoms with E-state index in [1.165, 1.54) is 16.3 Å². The number of hydrogen-bond acceptors (Lipinski definition) is 2. The van der Waals surface area contributed by atoms with Crippen LogP contribution in [0.4, 0.5) is 0 Å². The van der Waals surface area contributed by atoms with Crippen LogP contribution in [0.25, 0.3) is 21.7 Å². The van der Waals surface area contributed by atoms with Crippen molar-refractivity contribution >= 4 is 51.0 Å². The Morgan fingerprint density at radius 2 is 1.75 bits per heavy atom. The van der Waals surface area contributed by atoms with Crippen molar-refractivity contribution in [3.8, 4) is 0 Å². The summed E-state index contributed by atoms with van der Waals surface area (Å²) in [4.78, 5) is 13.4. The van der Waals surface area contributed by atoms with E-state index in [4.69, 9.17) is 11.6 Å². The molecule has 0 bridgehead atoms. The van der Waals surface area contributed by atoms with Gasteiger partial charge in [-0.1, -0.05) is 71.9 Å². The van der Waals surface area contributed by atoms with Crippen LogP contribution in [0, 0.1) is 6.92 Å². The Bertz CT molecular complexity index is 1490. The van der Waals surface area contributed by atoms with E-state index in [1.807, 2.05) is 24.3 Å². The molecule has 0 aliphatic carbocycles. The number of halogens is 1. The average Bonchev–Trinajstić information content (AvgIpc) is 3.04. The van der Waals surface area contributed by atoms with Gasteiger partial charge in [-0.05, 0) is 59.7 Å². The minimum absolute atomic E-state index is 0.288. The van der Waals surface area contributed by atoms with Gasteiger partial charge in [0.05, 0.1) is 11.1 Å². The van der Waals surface area contributed by atoms with E-state index in [0.29, 0.717) is 5.02 Å². The average molecular weight is 458 g/mol. The molecule has 0 saturated carbocycles. The van der Waals surface area contributed by atoms with E-state index in [-0.39, 0.29) is 5.56 Å². The predicted octanol–water partition coefficient (Wildman–Crippen LogP) is 7.65. The molecule has 0 amide bonds. The van der Waals surface area contributed by atoms with Crippen LogP contribution in [-0.2, 0) is 6.54 Å². The zero-order valence-electron chi connectivity index (χ0n) is 17.4. The van der Waals surface area contributed by atoms with Gasteiger partial charge < -0.3 is 9.67 Å². The summed E-state index contributed by atoms with van der Waals surface area (Å²) < 4.78 is 2.29. The molecule has 5 heteroatoms. The first-order valence-electron chi connectivity index (χ1n) is 10.3. The van der Waals surface area contributed by atoms with Crippen LogP contribution >= 0.6 is 23.4 Å². The van der Waals surface area contributed by atoms with Crippen molar-refractivity contribution < 1.29 is 9.90 Å². The van der Waals surface area contributed by atoms with Crippen molar-refractivity contribution in [1.29, 1.82) is 0 Å². The van der Waals surface area contributed by atoms with Crippen LogP contribution in [0.2, 0.25) is 5.02 Å². The number of carbonyl (C=O) groups is 1. The SMILES string of the molecule is Cc1c(Sc2cccc(C(=O)O)c2)c2ccc(Cl)cc2n1Cc1ccc2ccccc2c1. The molecular weight excluding hydrogens is 438 g/mol. The Hall–Kier alpha value is -3.21. The van der Waals surface area contributed by atoms with Gasteiger partial charge >= 0.3 is 5.97 Å². The third-order valence-corrected chi connectivity index (χ3v) is 7.13. The van der Waals surface area contributed by atoms with Gasteiger partial charge in [-0.15, -0.1) is 0 Å². The van der Waals surface area contributed by atoms with Gasteiger partial charge in [0.25, 0.3) is 0 Å². The Morgan fingerprint density at radius 3 is 2.56 bits per heavy atom. The first kappa shape index (κ1) is 20.7. The minimum Gasteiger partial charge on any atom is -0.478 e. The molecule has 0 radical (unpaired) electrons. The molecule has 1 N–H and O–H groups in total. The molecule has 0 saturated heterocycles. The number of rotatable bonds is 5. The summed E-state index contributed by atoms with van der Waals surface area (Å²) in [7, 11) is 0. The van der Waals surface area contributed by atoms with Crippen LogP contribution in [0.1, 0.15) is 21.6 Å². The van der Waals surface area contributed by atoms with Gasteiger partial charge in [0.2, 0.25) is 0 Å². The standard InChI is InChI=1S/C27H20ClNO2S/c1-17-26(32-23-8-4-7-21(14-23)27(30)31)24-12-11-22(28)15-25(24)29(17)16-18-9-10-19-5-2-3-6-20(19)13-18/h2-15H,16H2,1H3,(H,30,31). The molecule has 0 unspecified atom stereocenters. The highest BCUT2D eigenvalue weighted by molar-refractivity contribution is 7.99. The minimum atomic E-state index is -0.922. The van der Waals surface area contributed by atoms with Crippen molar-refractivity contribution in [2.24, 2.45) is 0 Å². The summed E-state index contributed by atoms with van der Waals surface area (Å²) in [6.07, 6.45) is 0. The fourth-order valence-electron chi connectivity index (χ4n) is 4.08. The molecule has 1 aromatic heterocycles.